The molecule has 1 saturated heterocycles. The quantitative estimate of drug-likeness (QED) is 0.918. The molecule has 1 atom stereocenters. The molecule has 1 unspecified atom stereocenters. The third kappa shape index (κ3) is 3.79. The summed E-state index contributed by atoms with van der Waals surface area (Å²) >= 11 is 1.18. The van der Waals surface area contributed by atoms with Gasteiger partial charge in [0.15, 0.2) is 5.12 Å². The number of amides is 2. The molecule has 6 nitrogen and oxygen atoms in total. The maximum absolute atomic E-state index is 12.2. The van der Waals surface area contributed by atoms with Crippen molar-refractivity contribution in [2.45, 2.75) is 25.5 Å². The van der Waals surface area contributed by atoms with Crippen LogP contribution in [-0.4, -0.2) is 35.8 Å². The van der Waals surface area contributed by atoms with Gasteiger partial charge in [0, 0.05) is 37.8 Å². The molecule has 1 heterocycles. The number of carbonyl (C=O) groups is 3. The number of hydrogen-bond donors (Lipinski definition) is 1. The van der Waals surface area contributed by atoms with E-state index in [0.29, 0.717) is 30.1 Å². The Labute approximate surface area is 133 Å². The normalized spacial score (nSPS) is 17.5. The Bertz CT molecular complexity index is 618. The van der Waals surface area contributed by atoms with Crippen LogP contribution in [0.15, 0.2) is 18.2 Å². The number of hydrogen-bond acceptors (Lipinski definition) is 5. The van der Waals surface area contributed by atoms with Gasteiger partial charge in [-0.25, -0.2) is 0 Å². The first-order chi connectivity index (χ1) is 10.4. The summed E-state index contributed by atoms with van der Waals surface area (Å²) in [5.41, 5.74) is 1.20. The average molecular weight is 322 g/mol. The summed E-state index contributed by atoms with van der Waals surface area (Å²) < 4.78 is 5.30. The largest absolute Gasteiger partial charge is 0.495 e. The summed E-state index contributed by atoms with van der Waals surface area (Å²) in [5, 5.41) is 2.63. The lowest BCUT2D eigenvalue weighted by molar-refractivity contribution is -0.117. The number of ether oxygens (including phenoxy) is 1. The molecule has 118 valence electrons. The summed E-state index contributed by atoms with van der Waals surface area (Å²) in [4.78, 5) is 36.2. The van der Waals surface area contributed by atoms with Gasteiger partial charge in [0.2, 0.25) is 11.8 Å². The Kier molecular flexibility index (Phi) is 5.07. The van der Waals surface area contributed by atoms with Crippen molar-refractivity contribution in [2.75, 3.05) is 23.9 Å². The van der Waals surface area contributed by atoms with E-state index in [2.05, 4.69) is 5.32 Å². The molecule has 1 aliphatic heterocycles. The predicted octanol–water partition coefficient (Wildman–Crippen LogP) is 2.04. The minimum Gasteiger partial charge on any atom is -0.495 e. The molecule has 0 spiro atoms. The van der Waals surface area contributed by atoms with E-state index < -0.39 is 0 Å². The minimum atomic E-state index is -0.186. The number of benzene rings is 1. The molecule has 1 aromatic carbocycles. The summed E-state index contributed by atoms with van der Waals surface area (Å²) in [6.45, 7) is 3.36. The maximum atomic E-state index is 12.2. The molecule has 0 radical (unpaired) electrons. The first-order valence-corrected chi connectivity index (χ1v) is 7.72. The molecular formula is C15H18N2O4S. The molecule has 22 heavy (non-hydrogen) atoms. The van der Waals surface area contributed by atoms with Crippen molar-refractivity contribution in [2.24, 2.45) is 0 Å². The molecular weight excluding hydrogens is 304 g/mol. The minimum absolute atomic E-state index is 0.00129. The predicted molar refractivity (Wildman–Crippen MR) is 86.3 cm³/mol. The first-order valence-electron chi connectivity index (χ1n) is 6.84. The van der Waals surface area contributed by atoms with Crippen LogP contribution in [0.5, 0.6) is 5.75 Å². The fourth-order valence-electron chi connectivity index (χ4n) is 2.40. The monoisotopic (exact) mass is 322 g/mol. The van der Waals surface area contributed by atoms with Gasteiger partial charge < -0.3 is 15.0 Å². The zero-order chi connectivity index (χ0) is 16.3. The number of nitrogens with zero attached hydrogens (tertiary/aromatic N) is 1. The number of carbonyl (C=O) groups excluding carboxylic acids is 3. The Morgan fingerprint density at radius 1 is 1.36 bits per heavy atom. The van der Waals surface area contributed by atoms with E-state index >= 15 is 0 Å². The highest BCUT2D eigenvalue weighted by molar-refractivity contribution is 8.14. The van der Waals surface area contributed by atoms with Crippen LogP contribution in [0.2, 0.25) is 0 Å². The van der Waals surface area contributed by atoms with Gasteiger partial charge in [-0.05, 0) is 18.2 Å². The highest BCUT2D eigenvalue weighted by Gasteiger charge is 2.33. The lowest BCUT2D eigenvalue weighted by Gasteiger charge is -2.20. The van der Waals surface area contributed by atoms with E-state index in [1.165, 1.54) is 32.7 Å². The van der Waals surface area contributed by atoms with Crippen molar-refractivity contribution >= 4 is 40.1 Å². The molecule has 0 saturated carbocycles. The van der Waals surface area contributed by atoms with Crippen LogP contribution in [0.1, 0.15) is 20.3 Å². The number of anilines is 2. The topological polar surface area (TPSA) is 75.7 Å². The van der Waals surface area contributed by atoms with Gasteiger partial charge >= 0.3 is 0 Å². The van der Waals surface area contributed by atoms with E-state index in [1.54, 1.807) is 23.1 Å². The van der Waals surface area contributed by atoms with E-state index in [0.717, 1.165) is 0 Å². The summed E-state index contributed by atoms with van der Waals surface area (Å²) in [7, 11) is 1.53. The highest BCUT2D eigenvalue weighted by Crippen LogP contribution is 2.36. The molecule has 7 heteroatoms. The van der Waals surface area contributed by atoms with E-state index in [9.17, 15) is 14.4 Å². The first kappa shape index (κ1) is 16.4. The Hall–Kier alpha value is -2.02. The second-order valence-electron chi connectivity index (χ2n) is 5.01. The smallest absolute Gasteiger partial charge is 0.228 e. The second-order valence-corrected chi connectivity index (χ2v) is 6.49. The molecule has 0 bridgehead atoms. The van der Waals surface area contributed by atoms with Crippen molar-refractivity contribution in [3.8, 4) is 5.75 Å². The molecule has 1 fully saturated rings. The standard InChI is InChI=1S/C15H18N2O4S/c1-9(18)16-11-4-5-14(21-3)13(6-11)17-8-12(7-15(17)20)22-10(2)19/h4-6,12H,7-8H2,1-3H3,(H,16,18). The van der Waals surface area contributed by atoms with Crippen molar-refractivity contribution in [3.05, 3.63) is 18.2 Å². The van der Waals surface area contributed by atoms with Gasteiger partial charge in [-0.1, -0.05) is 11.8 Å². The van der Waals surface area contributed by atoms with Crippen molar-refractivity contribution < 1.29 is 19.1 Å². The van der Waals surface area contributed by atoms with E-state index in [-0.39, 0.29) is 22.2 Å². The summed E-state index contributed by atoms with van der Waals surface area (Å²) in [5.74, 6) is 0.307. The zero-order valence-electron chi connectivity index (χ0n) is 12.7. The lowest BCUT2D eigenvalue weighted by atomic mass is 10.2. The Balaban J connectivity index is 2.28. The van der Waals surface area contributed by atoms with Gasteiger partial charge in [0.1, 0.15) is 5.75 Å². The van der Waals surface area contributed by atoms with Crippen LogP contribution in [0.4, 0.5) is 11.4 Å². The molecule has 1 N–H and O–H groups in total. The van der Waals surface area contributed by atoms with Gasteiger partial charge in [-0.3, -0.25) is 14.4 Å². The SMILES string of the molecule is COc1ccc(NC(C)=O)cc1N1CC(SC(C)=O)CC1=O. The third-order valence-corrected chi connectivity index (χ3v) is 4.19. The molecule has 1 aliphatic rings. The van der Waals surface area contributed by atoms with Gasteiger partial charge in [0.05, 0.1) is 12.8 Å². The summed E-state index contributed by atoms with van der Waals surface area (Å²) in [6, 6.07) is 5.13. The van der Waals surface area contributed by atoms with Gasteiger partial charge in [0.25, 0.3) is 0 Å². The van der Waals surface area contributed by atoms with Crippen LogP contribution in [0.25, 0.3) is 0 Å². The second kappa shape index (κ2) is 6.83. The van der Waals surface area contributed by atoms with Crippen LogP contribution < -0.4 is 15.0 Å². The summed E-state index contributed by atoms with van der Waals surface area (Å²) in [6.07, 6.45) is 0.317. The van der Waals surface area contributed by atoms with Crippen molar-refractivity contribution in [1.82, 2.24) is 0 Å². The maximum Gasteiger partial charge on any atom is 0.228 e. The Morgan fingerprint density at radius 3 is 2.68 bits per heavy atom. The van der Waals surface area contributed by atoms with Gasteiger partial charge in [-0.2, -0.15) is 0 Å². The van der Waals surface area contributed by atoms with Crippen LogP contribution in [0.3, 0.4) is 0 Å². The van der Waals surface area contributed by atoms with Crippen molar-refractivity contribution in [3.63, 3.8) is 0 Å². The number of methoxy groups -OCH3 is 1. The average Bonchev–Trinajstić information content (AvgIpc) is 2.77. The number of thioether (sulfide) groups is 1. The van der Waals surface area contributed by atoms with Crippen LogP contribution in [0, 0.1) is 0 Å². The number of rotatable bonds is 4. The molecule has 0 aliphatic carbocycles. The highest BCUT2D eigenvalue weighted by atomic mass is 32.2. The third-order valence-electron chi connectivity index (χ3n) is 3.21. The Morgan fingerprint density at radius 2 is 2.09 bits per heavy atom. The van der Waals surface area contributed by atoms with E-state index in [4.69, 9.17) is 4.74 Å². The van der Waals surface area contributed by atoms with Crippen LogP contribution >= 0.6 is 11.8 Å². The van der Waals surface area contributed by atoms with Gasteiger partial charge in [-0.15, -0.1) is 0 Å². The number of nitrogens with one attached hydrogen (secondary N) is 1. The van der Waals surface area contributed by atoms with E-state index in [1.807, 2.05) is 0 Å². The molecule has 2 amide bonds. The zero-order valence-corrected chi connectivity index (χ0v) is 13.5. The fourth-order valence-corrected chi connectivity index (χ4v) is 3.32. The van der Waals surface area contributed by atoms with Crippen molar-refractivity contribution in [1.29, 1.82) is 0 Å². The fraction of sp³-hybridized carbons (Fsp3) is 0.400. The molecule has 1 aromatic rings. The molecule has 0 aromatic heterocycles. The lowest BCUT2D eigenvalue weighted by Crippen LogP contribution is -2.25. The van der Waals surface area contributed by atoms with Crippen LogP contribution in [-0.2, 0) is 14.4 Å². The molecule has 2 rings (SSSR count).